The maximum absolute atomic E-state index is 13.2. The normalized spacial score (nSPS) is 33.4. The van der Waals surface area contributed by atoms with E-state index in [9.17, 15) is 13.2 Å². The Bertz CT molecular complexity index is 612. The Hall–Kier alpha value is -0.760. The summed E-state index contributed by atoms with van der Waals surface area (Å²) in [5.41, 5.74) is 0.633. The Labute approximate surface area is 121 Å². The molecule has 2 fully saturated rings. The Morgan fingerprint density at radius 3 is 2.95 bits per heavy atom. The maximum Gasteiger partial charge on any atom is 0.218 e. The van der Waals surface area contributed by atoms with Gasteiger partial charge in [0.15, 0.2) is 16.6 Å². The molecule has 19 heavy (non-hydrogen) atoms. The van der Waals surface area contributed by atoms with Crippen LogP contribution in [0, 0.1) is 5.82 Å². The van der Waals surface area contributed by atoms with Crippen molar-refractivity contribution in [1.82, 2.24) is 5.32 Å². The van der Waals surface area contributed by atoms with E-state index in [0.29, 0.717) is 10.8 Å². The molecule has 2 aliphatic heterocycles. The summed E-state index contributed by atoms with van der Waals surface area (Å²) in [5, 5.41) is 3.52. The molecule has 0 bridgehead atoms. The molecule has 2 saturated heterocycles. The van der Waals surface area contributed by atoms with Crippen molar-refractivity contribution < 1.29 is 13.2 Å². The quantitative estimate of drug-likeness (QED) is 0.611. The van der Waals surface area contributed by atoms with Crippen LogP contribution < -0.4 is 10.2 Å². The second-order valence-corrected chi connectivity index (χ2v) is 7.70. The van der Waals surface area contributed by atoms with Gasteiger partial charge in [0.2, 0.25) is 10.2 Å². The molecule has 3 atom stereocenters. The maximum atomic E-state index is 13.2. The second kappa shape index (κ2) is 4.37. The highest BCUT2D eigenvalue weighted by molar-refractivity contribution is 7.98. The summed E-state index contributed by atoms with van der Waals surface area (Å²) in [5.74, 6) is -0.166. The molecule has 0 spiro atoms. The second-order valence-electron chi connectivity index (χ2n) is 4.70. The van der Waals surface area contributed by atoms with Crippen molar-refractivity contribution in [3.05, 3.63) is 29.0 Å². The molecule has 1 aromatic carbocycles. The largest absolute Gasteiger partial charge is 0.352 e. The lowest BCUT2D eigenvalue weighted by Crippen LogP contribution is -2.37. The summed E-state index contributed by atoms with van der Waals surface area (Å²) in [6.45, 7) is 0. The highest BCUT2D eigenvalue weighted by Gasteiger charge is 2.54. The van der Waals surface area contributed by atoms with E-state index in [1.54, 1.807) is 11.0 Å². The minimum atomic E-state index is -2.81. The lowest BCUT2D eigenvalue weighted by atomic mass is 10.1. The Balaban J connectivity index is 1.97. The third-order valence-corrected chi connectivity index (χ3v) is 5.72. The predicted octanol–water partition coefficient (Wildman–Crippen LogP) is 1.90. The number of halogens is 2. The van der Waals surface area contributed by atoms with Crippen LogP contribution in [0.3, 0.4) is 0 Å². The highest BCUT2D eigenvalue weighted by Crippen LogP contribution is 2.33. The molecule has 0 aromatic heterocycles. The number of hydrogen-bond donors (Lipinski definition) is 2. The molecule has 4 nitrogen and oxygen atoms in total. The van der Waals surface area contributed by atoms with Gasteiger partial charge in [-0.15, -0.1) is 0 Å². The molecule has 1 unspecified atom stereocenters. The van der Waals surface area contributed by atoms with Crippen molar-refractivity contribution in [2.45, 2.75) is 12.1 Å². The van der Waals surface area contributed by atoms with E-state index in [1.807, 2.05) is 0 Å². The SMILES string of the molecule is O=[S+]1(O)C[C@@H]2NC(=S)N(c3ccc(F)c(Cl)c3)[C@H]2C1. The van der Waals surface area contributed by atoms with E-state index in [1.165, 1.54) is 12.1 Å². The van der Waals surface area contributed by atoms with Crippen LogP contribution in [0.15, 0.2) is 18.2 Å². The van der Waals surface area contributed by atoms with Gasteiger partial charge in [0, 0.05) is 5.69 Å². The lowest BCUT2D eigenvalue weighted by Gasteiger charge is -2.22. The first-order valence-corrected chi connectivity index (χ1v) is 8.28. The first-order chi connectivity index (χ1) is 8.87. The standard InChI is InChI=1S/C11H10ClFN2O2S2/c12-7-3-6(1-2-8(7)13)15-10-5-19(16,17)4-9(10)14-11(15)18/h1-3,9-10H,4-5H2,(H-,14,16,17,18)/p+1/t9-,10-/m0/s1. The van der Waals surface area contributed by atoms with Gasteiger partial charge in [0.25, 0.3) is 0 Å². The molecule has 2 heterocycles. The minimum Gasteiger partial charge on any atom is -0.352 e. The summed E-state index contributed by atoms with van der Waals surface area (Å²) < 4.78 is 34.6. The number of fused-ring (bicyclic) bond motifs is 1. The van der Waals surface area contributed by atoms with Crippen molar-refractivity contribution in [3.63, 3.8) is 0 Å². The van der Waals surface area contributed by atoms with Gasteiger partial charge in [-0.05, 0) is 30.4 Å². The molecule has 3 rings (SSSR count). The lowest BCUT2D eigenvalue weighted by molar-refractivity contribution is 0.502. The average molecular weight is 322 g/mol. The van der Waals surface area contributed by atoms with Gasteiger partial charge in [-0.2, -0.15) is 4.55 Å². The van der Waals surface area contributed by atoms with Gasteiger partial charge >= 0.3 is 0 Å². The highest BCUT2D eigenvalue weighted by atomic mass is 35.5. The van der Waals surface area contributed by atoms with E-state index in [2.05, 4.69) is 5.32 Å². The molecular weight excluding hydrogens is 311 g/mol. The zero-order chi connectivity index (χ0) is 13.8. The van der Waals surface area contributed by atoms with E-state index < -0.39 is 16.0 Å². The molecular formula is C11H11ClFN2O2S2+. The van der Waals surface area contributed by atoms with Gasteiger partial charge < -0.3 is 10.2 Å². The van der Waals surface area contributed by atoms with E-state index in [0.717, 1.165) is 0 Å². The van der Waals surface area contributed by atoms with Gasteiger partial charge in [-0.1, -0.05) is 15.8 Å². The number of anilines is 1. The van der Waals surface area contributed by atoms with Crippen LogP contribution in [-0.4, -0.2) is 33.3 Å². The molecule has 2 aliphatic rings. The average Bonchev–Trinajstić information content (AvgIpc) is 2.73. The zero-order valence-electron chi connectivity index (χ0n) is 9.68. The predicted molar refractivity (Wildman–Crippen MR) is 77.6 cm³/mol. The van der Waals surface area contributed by atoms with Crippen molar-refractivity contribution in [1.29, 1.82) is 0 Å². The van der Waals surface area contributed by atoms with Crippen LogP contribution >= 0.6 is 23.8 Å². The fourth-order valence-corrected chi connectivity index (χ4v) is 5.04. The molecule has 0 radical (unpaired) electrons. The summed E-state index contributed by atoms with van der Waals surface area (Å²) >= 11 is 11.0. The van der Waals surface area contributed by atoms with Gasteiger partial charge in [-0.25, -0.2) is 4.39 Å². The summed E-state index contributed by atoms with van der Waals surface area (Å²) in [6.07, 6.45) is 0. The van der Waals surface area contributed by atoms with Crippen LogP contribution in [0.1, 0.15) is 0 Å². The van der Waals surface area contributed by atoms with Crippen LogP contribution in [0.25, 0.3) is 0 Å². The Morgan fingerprint density at radius 2 is 2.26 bits per heavy atom. The fraction of sp³-hybridized carbons (Fsp3) is 0.364. The summed E-state index contributed by atoms with van der Waals surface area (Å²) in [7, 11) is -2.81. The van der Waals surface area contributed by atoms with Gasteiger partial charge in [0.1, 0.15) is 17.9 Å². The molecule has 0 aliphatic carbocycles. The number of nitrogens with one attached hydrogen (secondary N) is 1. The van der Waals surface area contributed by atoms with Crippen LogP contribution in [0.4, 0.5) is 10.1 Å². The molecule has 8 heteroatoms. The summed E-state index contributed by atoms with van der Waals surface area (Å²) in [4.78, 5) is 1.74. The zero-order valence-corrected chi connectivity index (χ0v) is 12.1. The van der Waals surface area contributed by atoms with Crippen LogP contribution in [0.2, 0.25) is 5.02 Å². The fourth-order valence-electron chi connectivity index (χ4n) is 2.56. The van der Waals surface area contributed by atoms with E-state index >= 15 is 0 Å². The van der Waals surface area contributed by atoms with Crippen LogP contribution in [0.5, 0.6) is 0 Å². The van der Waals surface area contributed by atoms with E-state index in [-0.39, 0.29) is 28.6 Å². The molecule has 102 valence electrons. The Morgan fingerprint density at radius 1 is 1.53 bits per heavy atom. The third kappa shape index (κ3) is 2.24. The van der Waals surface area contributed by atoms with Gasteiger partial charge in [0.05, 0.1) is 5.02 Å². The number of thiocarbonyl (C=S) groups is 1. The number of hydrogen-bond acceptors (Lipinski definition) is 2. The minimum absolute atomic E-state index is 0.00600. The topological polar surface area (TPSA) is 52.6 Å². The van der Waals surface area contributed by atoms with E-state index in [4.69, 9.17) is 23.8 Å². The van der Waals surface area contributed by atoms with Crippen LogP contribution in [-0.2, 0) is 14.4 Å². The summed E-state index contributed by atoms with van der Waals surface area (Å²) in [6, 6.07) is 3.97. The third-order valence-electron chi connectivity index (χ3n) is 3.38. The number of benzene rings is 1. The monoisotopic (exact) mass is 321 g/mol. The molecule has 2 N–H and O–H groups in total. The smallest absolute Gasteiger partial charge is 0.218 e. The number of nitrogens with zero attached hydrogens (tertiary/aromatic N) is 1. The van der Waals surface area contributed by atoms with Crippen molar-refractivity contribution in [2.24, 2.45) is 0 Å². The molecule has 0 amide bonds. The molecule has 1 aromatic rings. The first-order valence-electron chi connectivity index (χ1n) is 5.64. The molecule has 0 saturated carbocycles. The van der Waals surface area contributed by atoms with Crippen molar-refractivity contribution in [2.75, 3.05) is 16.4 Å². The van der Waals surface area contributed by atoms with Gasteiger partial charge in [-0.3, -0.25) is 0 Å². The number of rotatable bonds is 1. The van der Waals surface area contributed by atoms with Crippen molar-refractivity contribution in [3.8, 4) is 0 Å². The Kier molecular flexibility index (Phi) is 3.05. The first kappa shape index (κ1) is 13.2. The van der Waals surface area contributed by atoms with Crippen molar-refractivity contribution >= 4 is 44.8 Å².